The Morgan fingerprint density at radius 2 is 2.00 bits per heavy atom. The van der Waals surface area contributed by atoms with Crippen molar-refractivity contribution in [1.82, 2.24) is 0 Å². The molecular weight excluding hydrogens is 234 g/mol. The highest BCUT2D eigenvalue weighted by atomic mass is 16.1. The van der Waals surface area contributed by atoms with Crippen molar-refractivity contribution in [3.63, 3.8) is 0 Å². The second-order valence-electron chi connectivity index (χ2n) is 3.79. The molecule has 0 fully saturated rings. The van der Waals surface area contributed by atoms with E-state index in [9.17, 15) is 4.79 Å². The largest absolute Gasteiger partial charge is 0.326 e. The van der Waals surface area contributed by atoms with E-state index in [2.05, 4.69) is 13.2 Å². The summed E-state index contributed by atoms with van der Waals surface area (Å²) in [5, 5.41) is 0. The zero-order valence-electron chi connectivity index (χ0n) is 12.1. The topological polar surface area (TPSA) is 43.1 Å². The van der Waals surface area contributed by atoms with E-state index in [1.807, 2.05) is 38.1 Å². The third-order valence-corrected chi connectivity index (χ3v) is 2.50. The molecule has 0 unspecified atom stereocenters. The van der Waals surface area contributed by atoms with Gasteiger partial charge in [0.15, 0.2) is 5.78 Å². The molecule has 0 aliphatic carbocycles. The minimum atomic E-state index is -0.0423. The maximum absolute atomic E-state index is 11.2. The molecule has 0 aliphatic heterocycles. The van der Waals surface area contributed by atoms with Gasteiger partial charge in [-0.05, 0) is 35.8 Å². The van der Waals surface area contributed by atoms with Crippen molar-refractivity contribution in [2.75, 3.05) is 0 Å². The van der Waals surface area contributed by atoms with Crippen LogP contribution in [-0.2, 0) is 11.3 Å². The summed E-state index contributed by atoms with van der Waals surface area (Å²) in [6.45, 7) is 13.5. The number of rotatable bonds is 5. The van der Waals surface area contributed by atoms with Crippen molar-refractivity contribution in [2.45, 2.75) is 27.3 Å². The predicted octanol–water partition coefficient (Wildman–Crippen LogP) is 3.89. The van der Waals surface area contributed by atoms with Gasteiger partial charge in [0.2, 0.25) is 0 Å². The first-order chi connectivity index (χ1) is 9.08. The first-order valence-electron chi connectivity index (χ1n) is 6.42. The van der Waals surface area contributed by atoms with Crippen molar-refractivity contribution in [2.24, 2.45) is 5.73 Å². The van der Waals surface area contributed by atoms with Gasteiger partial charge >= 0.3 is 0 Å². The van der Waals surface area contributed by atoms with Gasteiger partial charge in [0.1, 0.15) is 0 Å². The highest BCUT2D eigenvalue weighted by Crippen LogP contribution is 2.18. The van der Waals surface area contributed by atoms with E-state index in [4.69, 9.17) is 5.73 Å². The molecule has 0 saturated heterocycles. The molecule has 2 nitrogen and oxygen atoms in total. The summed E-state index contributed by atoms with van der Waals surface area (Å²) in [6, 6.07) is 7.84. The quantitative estimate of drug-likeness (QED) is 0.642. The number of hydrogen-bond donors (Lipinski definition) is 1. The Bertz CT molecular complexity index is 484. The van der Waals surface area contributed by atoms with Gasteiger partial charge in [0.25, 0.3) is 0 Å². The molecule has 0 aliphatic rings. The van der Waals surface area contributed by atoms with E-state index in [1.54, 1.807) is 12.2 Å². The first-order valence-corrected chi connectivity index (χ1v) is 6.42. The van der Waals surface area contributed by atoms with Gasteiger partial charge in [0, 0.05) is 12.1 Å². The zero-order valence-corrected chi connectivity index (χ0v) is 12.1. The molecule has 2 N–H and O–H groups in total. The van der Waals surface area contributed by atoms with Crippen molar-refractivity contribution in [3.8, 4) is 0 Å². The van der Waals surface area contributed by atoms with E-state index in [-0.39, 0.29) is 5.78 Å². The molecule has 102 valence electrons. The highest BCUT2D eigenvalue weighted by molar-refractivity contribution is 5.98. The number of carbonyl (C=O) groups is 1. The van der Waals surface area contributed by atoms with Crippen LogP contribution in [0.4, 0.5) is 0 Å². The van der Waals surface area contributed by atoms with Crippen LogP contribution in [0.2, 0.25) is 0 Å². The van der Waals surface area contributed by atoms with E-state index in [1.165, 1.54) is 6.92 Å². The van der Waals surface area contributed by atoms with Crippen molar-refractivity contribution >= 4 is 11.4 Å². The fraction of sp³-hybridized carbons (Fsp3) is 0.235. The molecular formula is C17H23NO. The lowest BCUT2D eigenvalue weighted by atomic mass is 10.0. The van der Waals surface area contributed by atoms with Crippen molar-refractivity contribution in [3.05, 3.63) is 66.3 Å². The fourth-order valence-electron chi connectivity index (χ4n) is 1.43. The summed E-state index contributed by atoms with van der Waals surface area (Å²) in [5.74, 6) is -0.0423. The van der Waals surface area contributed by atoms with Crippen LogP contribution >= 0.6 is 0 Å². The lowest BCUT2D eigenvalue weighted by molar-refractivity contribution is -0.113. The predicted molar refractivity (Wildman–Crippen MR) is 83.7 cm³/mol. The Morgan fingerprint density at radius 1 is 1.37 bits per heavy atom. The van der Waals surface area contributed by atoms with Gasteiger partial charge in [-0.15, -0.1) is 0 Å². The number of allylic oxidation sites excluding steroid dienone is 4. The molecule has 1 rings (SSSR count). The molecule has 0 bridgehead atoms. The van der Waals surface area contributed by atoms with Crippen molar-refractivity contribution in [1.29, 1.82) is 0 Å². The van der Waals surface area contributed by atoms with Gasteiger partial charge in [-0.25, -0.2) is 0 Å². The minimum Gasteiger partial charge on any atom is -0.326 e. The molecule has 1 aromatic carbocycles. The molecule has 0 atom stereocenters. The van der Waals surface area contributed by atoms with E-state index in [0.717, 1.165) is 16.7 Å². The maximum Gasteiger partial charge on any atom is 0.159 e. The lowest BCUT2D eigenvalue weighted by Gasteiger charge is -2.05. The highest BCUT2D eigenvalue weighted by Gasteiger charge is 2.02. The van der Waals surface area contributed by atoms with Crippen molar-refractivity contribution < 1.29 is 4.79 Å². The first kappa shape index (κ1) is 17.1. The van der Waals surface area contributed by atoms with Gasteiger partial charge in [0.05, 0.1) is 0 Å². The number of ketones is 1. The van der Waals surface area contributed by atoms with Crippen LogP contribution in [0, 0.1) is 0 Å². The molecule has 0 amide bonds. The molecule has 2 heteroatoms. The Balaban J connectivity index is 0.00000154. The van der Waals surface area contributed by atoms with Crippen LogP contribution in [0.15, 0.2) is 55.1 Å². The van der Waals surface area contributed by atoms with E-state index < -0.39 is 0 Å². The lowest BCUT2D eigenvalue weighted by Crippen LogP contribution is -1.97. The third kappa shape index (κ3) is 5.49. The summed E-state index contributed by atoms with van der Waals surface area (Å²) < 4.78 is 0. The average Bonchev–Trinajstić information content (AvgIpc) is 2.46. The average molecular weight is 257 g/mol. The Kier molecular flexibility index (Phi) is 8.14. The number of Topliss-reactive ketones (excluding diaryl/α,β-unsaturated/α-hetero) is 1. The number of carbonyl (C=O) groups excluding carboxylic acids is 1. The van der Waals surface area contributed by atoms with Gasteiger partial charge in [-0.1, -0.05) is 51.3 Å². The monoisotopic (exact) mass is 257 g/mol. The summed E-state index contributed by atoms with van der Waals surface area (Å²) >= 11 is 0. The number of hydrogen-bond acceptors (Lipinski definition) is 2. The Labute approximate surface area is 116 Å². The second-order valence-corrected chi connectivity index (χ2v) is 3.79. The van der Waals surface area contributed by atoms with Crippen LogP contribution in [0.1, 0.15) is 31.9 Å². The molecule has 0 radical (unpaired) electrons. The molecule has 1 aromatic rings. The Hall–Kier alpha value is -1.93. The third-order valence-electron chi connectivity index (χ3n) is 2.50. The van der Waals surface area contributed by atoms with Gasteiger partial charge < -0.3 is 5.73 Å². The van der Waals surface area contributed by atoms with E-state index in [0.29, 0.717) is 12.1 Å². The molecule has 0 spiro atoms. The maximum atomic E-state index is 11.2. The second kappa shape index (κ2) is 9.06. The summed E-state index contributed by atoms with van der Waals surface area (Å²) in [4.78, 5) is 11.2. The fourth-order valence-corrected chi connectivity index (χ4v) is 1.43. The molecule has 0 saturated carbocycles. The standard InChI is InChI=1S/C15H17NO.C2H6/c1-4-14(8-11(2)12(3)17)15-7-5-6-13(9-15)10-16;1-2/h4-9H,1-2,10,16H2,3H3;1-2H3/b14-8+;. The van der Waals surface area contributed by atoms with E-state index >= 15 is 0 Å². The molecule has 0 heterocycles. The molecule has 0 aromatic heterocycles. The summed E-state index contributed by atoms with van der Waals surface area (Å²) in [5.41, 5.74) is 8.97. The van der Waals surface area contributed by atoms with Crippen LogP contribution in [0.5, 0.6) is 0 Å². The number of nitrogens with two attached hydrogens (primary N) is 1. The van der Waals surface area contributed by atoms with Gasteiger partial charge in [-0.3, -0.25) is 4.79 Å². The molecule has 19 heavy (non-hydrogen) atoms. The minimum absolute atomic E-state index is 0.0423. The Morgan fingerprint density at radius 3 is 2.47 bits per heavy atom. The van der Waals surface area contributed by atoms with Crippen LogP contribution < -0.4 is 5.73 Å². The summed E-state index contributed by atoms with van der Waals surface area (Å²) in [6.07, 6.45) is 3.45. The SMILES string of the molecule is C=C/C(=C\C(=C)C(C)=O)c1cccc(CN)c1.CC. The van der Waals surface area contributed by atoms with Crippen LogP contribution in [0.25, 0.3) is 5.57 Å². The zero-order chi connectivity index (χ0) is 14.8. The summed E-state index contributed by atoms with van der Waals surface area (Å²) in [7, 11) is 0. The smallest absolute Gasteiger partial charge is 0.159 e. The normalized spacial score (nSPS) is 10.2. The van der Waals surface area contributed by atoms with Gasteiger partial charge in [-0.2, -0.15) is 0 Å². The van der Waals surface area contributed by atoms with Crippen LogP contribution in [0.3, 0.4) is 0 Å². The van der Waals surface area contributed by atoms with Crippen LogP contribution in [-0.4, -0.2) is 5.78 Å². The number of benzene rings is 1.